The second-order valence-corrected chi connectivity index (χ2v) is 12.6. The number of Topliss-reactive ketones (excluding diaryl/α,β-unsaturated/α-hetero) is 2. The maximum atomic E-state index is 14.1. The van der Waals surface area contributed by atoms with Gasteiger partial charge in [0.2, 0.25) is 5.78 Å². The molecule has 4 aliphatic rings. The highest BCUT2D eigenvalue weighted by molar-refractivity contribution is 6.24. The third-order valence-corrected chi connectivity index (χ3v) is 9.82. The van der Waals surface area contributed by atoms with Crippen molar-refractivity contribution in [2.24, 2.45) is 17.6 Å². The Morgan fingerprint density at radius 1 is 1.02 bits per heavy atom. The molecule has 12 nitrogen and oxygen atoms in total. The molecule has 6 N–H and O–H groups in total. The minimum Gasteiger partial charge on any atom is -0.508 e. The number of aromatic hydroxyl groups is 1. The maximum Gasteiger partial charge on any atom is 0.255 e. The molecule has 0 bridgehead atoms. The Bertz CT molecular complexity index is 1720. The number of nitrogens with two attached hydrogens (primary N) is 1. The van der Waals surface area contributed by atoms with Crippen LogP contribution in [0.15, 0.2) is 53.3 Å². The molecule has 236 valence electrons. The molecule has 4 atom stereocenters. The molecule has 2 fully saturated rings. The SMILES string of the molecule is CN1CCN(C(=O)c2cccc(-c3ccc(O)c4c3C[C@H]3C[C@H]5[C@@H](N(C)C)C(=O)C(C(N)=O)=C(O)[C@@]5(O)C(=O)C3=C4O)c2)CC1. The molecule has 0 unspecified atom stereocenters. The van der Waals surface area contributed by atoms with E-state index in [9.17, 15) is 39.6 Å². The number of aliphatic hydroxyl groups excluding tert-OH is 2. The van der Waals surface area contributed by atoms with Crippen LogP contribution in [0.5, 0.6) is 5.75 Å². The number of rotatable bonds is 4. The number of amides is 2. The molecule has 0 radical (unpaired) electrons. The van der Waals surface area contributed by atoms with Crippen molar-refractivity contribution in [3.05, 3.63) is 70.0 Å². The van der Waals surface area contributed by atoms with Gasteiger partial charge in [0.05, 0.1) is 11.6 Å². The minimum absolute atomic E-state index is 0.000383. The van der Waals surface area contributed by atoms with Crippen LogP contribution in [0.3, 0.4) is 0 Å². The smallest absolute Gasteiger partial charge is 0.255 e. The quantitative estimate of drug-likeness (QED) is 0.311. The Morgan fingerprint density at radius 2 is 1.71 bits per heavy atom. The number of phenols is 1. The Morgan fingerprint density at radius 3 is 2.36 bits per heavy atom. The normalized spacial score (nSPS) is 27.0. The van der Waals surface area contributed by atoms with E-state index in [1.807, 2.05) is 13.1 Å². The van der Waals surface area contributed by atoms with Crippen molar-refractivity contribution in [3.63, 3.8) is 0 Å². The van der Waals surface area contributed by atoms with Gasteiger partial charge in [0.15, 0.2) is 11.4 Å². The molecule has 2 aromatic rings. The first-order chi connectivity index (χ1) is 21.3. The molecule has 0 spiro atoms. The first kappa shape index (κ1) is 30.5. The fourth-order valence-corrected chi connectivity index (χ4v) is 7.53. The third-order valence-electron chi connectivity index (χ3n) is 9.82. The number of carbonyl (C=O) groups is 4. The molecule has 45 heavy (non-hydrogen) atoms. The molecule has 12 heteroatoms. The Kier molecular flexibility index (Phi) is 7.34. The number of benzene rings is 2. The molecule has 1 heterocycles. The maximum absolute atomic E-state index is 14.1. The molecule has 3 aliphatic carbocycles. The lowest BCUT2D eigenvalue weighted by Gasteiger charge is -2.50. The summed E-state index contributed by atoms with van der Waals surface area (Å²) in [5.74, 6) is -7.10. The fraction of sp³-hybridized carbons (Fsp3) is 0.394. The summed E-state index contributed by atoms with van der Waals surface area (Å²) < 4.78 is 0. The van der Waals surface area contributed by atoms with E-state index in [4.69, 9.17) is 5.73 Å². The van der Waals surface area contributed by atoms with Crippen molar-refractivity contribution in [2.75, 3.05) is 47.3 Å². The molecule has 2 aromatic carbocycles. The topological polar surface area (TPSA) is 185 Å². The van der Waals surface area contributed by atoms with Gasteiger partial charge < -0.3 is 36.0 Å². The van der Waals surface area contributed by atoms with Crippen LogP contribution in [0.2, 0.25) is 0 Å². The number of carbonyl (C=O) groups excluding carboxylic acids is 4. The highest BCUT2D eigenvalue weighted by Crippen LogP contribution is 2.53. The number of aliphatic hydroxyl groups is 3. The lowest BCUT2D eigenvalue weighted by atomic mass is 9.57. The summed E-state index contributed by atoms with van der Waals surface area (Å²) >= 11 is 0. The third kappa shape index (κ3) is 4.54. The first-order valence-corrected chi connectivity index (χ1v) is 14.8. The molecule has 1 aliphatic heterocycles. The average molecular weight is 617 g/mol. The van der Waals surface area contributed by atoms with Crippen LogP contribution < -0.4 is 5.73 Å². The largest absolute Gasteiger partial charge is 0.508 e. The van der Waals surface area contributed by atoms with E-state index < -0.39 is 58.0 Å². The number of ketones is 2. The molecule has 1 saturated heterocycles. The number of hydrogen-bond donors (Lipinski definition) is 5. The lowest BCUT2D eigenvalue weighted by molar-refractivity contribution is -0.153. The number of hydrogen-bond acceptors (Lipinski definition) is 10. The summed E-state index contributed by atoms with van der Waals surface area (Å²) in [5.41, 5.74) is 3.96. The Labute approximate surface area is 259 Å². The second-order valence-electron chi connectivity index (χ2n) is 12.6. The van der Waals surface area contributed by atoms with Gasteiger partial charge in [-0.25, -0.2) is 0 Å². The number of fused-ring (bicyclic) bond motifs is 3. The van der Waals surface area contributed by atoms with Crippen molar-refractivity contribution >= 4 is 29.1 Å². The monoisotopic (exact) mass is 616 g/mol. The van der Waals surface area contributed by atoms with E-state index in [2.05, 4.69) is 4.90 Å². The predicted molar refractivity (Wildman–Crippen MR) is 163 cm³/mol. The highest BCUT2D eigenvalue weighted by Gasteiger charge is 2.64. The van der Waals surface area contributed by atoms with Gasteiger partial charge in [-0.1, -0.05) is 18.2 Å². The summed E-state index contributed by atoms with van der Waals surface area (Å²) in [4.78, 5) is 58.4. The van der Waals surface area contributed by atoms with Gasteiger partial charge in [-0.05, 0) is 74.8 Å². The highest BCUT2D eigenvalue weighted by atomic mass is 16.3. The van der Waals surface area contributed by atoms with Gasteiger partial charge in [-0.2, -0.15) is 0 Å². The van der Waals surface area contributed by atoms with E-state index in [0.717, 1.165) is 13.1 Å². The lowest BCUT2D eigenvalue weighted by Crippen LogP contribution is -2.65. The van der Waals surface area contributed by atoms with Crippen LogP contribution in [-0.2, 0) is 20.8 Å². The zero-order valence-electron chi connectivity index (χ0n) is 25.3. The van der Waals surface area contributed by atoms with Gasteiger partial charge >= 0.3 is 0 Å². The van der Waals surface area contributed by atoms with Crippen LogP contribution in [0.1, 0.15) is 27.9 Å². The van der Waals surface area contributed by atoms with Crippen molar-refractivity contribution in [3.8, 4) is 16.9 Å². The van der Waals surface area contributed by atoms with Crippen molar-refractivity contribution in [1.82, 2.24) is 14.7 Å². The number of phenolic OH excluding ortho intramolecular Hbond substituents is 1. The zero-order valence-corrected chi connectivity index (χ0v) is 25.3. The molecule has 1 saturated carbocycles. The van der Waals surface area contributed by atoms with Gasteiger partial charge in [0, 0.05) is 43.2 Å². The molecule has 2 amide bonds. The van der Waals surface area contributed by atoms with Crippen LogP contribution >= 0.6 is 0 Å². The summed E-state index contributed by atoms with van der Waals surface area (Å²) in [6.45, 7) is 2.78. The fourth-order valence-electron chi connectivity index (χ4n) is 7.53. The molecular formula is C33H36N4O8. The van der Waals surface area contributed by atoms with Gasteiger partial charge in [0.25, 0.3) is 11.8 Å². The van der Waals surface area contributed by atoms with Gasteiger partial charge in [0.1, 0.15) is 22.8 Å². The minimum atomic E-state index is -2.70. The molecule has 0 aromatic heterocycles. The van der Waals surface area contributed by atoms with E-state index in [1.54, 1.807) is 43.3 Å². The summed E-state index contributed by atoms with van der Waals surface area (Å²) in [7, 11) is 5.12. The molecule has 6 rings (SSSR count). The number of piperazine rings is 1. The van der Waals surface area contributed by atoms with Crippen LogP contribution in [0, 0.1) is 11.8 Å². The standard InChI is InChI=1S/C33H36N4O8/c1-35(2)26-21-15-18-14-20-19(16-5-4-6-17(13-16)32(44)37-11-9-36(3)10-12-37)7-8-22(38)24(20)27(39)23(18)29(41)33(21,45)30(42)25(28(26)40)31(34)43/h4-8,13,18,21,26,38-39,42,45H,9-12,14-15H2,1-3H3,(H2,34,43)/t18-,21-,26+,33-/m0/s1. The number of primary amides is 1. The van der Waals surface area contributed by atoms with Gasteiger partial charge in [-0.15, -0.1) is 0 Å². The van der Waals surface area contributed by atoms with Crippen molar-refractivity contribution < 1.29 is 39.6 Å². The van der Waals surface area contributed by atoms with Crippen LogP contribution in [-0.4, -0.2) is 117 Å². The second kappa shape index (κ2) is 10.8. The number of likely N-dealkylation sites (N-methyl/N-ethyl adjacent to an activating group) is 2. The summed E-state index contributed by atoms with van der Waals surface area (Å²) in [6, 6.07) is 9.02. The van der Waals surface area contributed by atoms with Crippen molar-refractivity contribution in [1.29, 1.82) is 0 Å². The molecular weight excluding hydrogens is 580 g/mol. The average Bonchev–Trinajstić information content (AvgIpc) is 2.99. The van der Waals surface area contributed by atoms with E-state index in [0.29, 0.717) is 35.3 Å². The summed E-state index contributed by atoms with van der Waals surface area (Å²) in [5, 5.41) is 45.3. The number of nitrogens with zero attached hydrogens (tertiary/aromatic N) is 3. The van der Waals surface area contributed by atoms with Crippen molar-refractivity contribution in [2.45, 2.75) is 24.5 Å². The predicted octanol–water partition coefficient (Wildman–Crippen LogP) is 1.02. The van der Waals surface area contributed by atoms with E-state index in [-0.39, 0.29) is 35.6 Å². The summed E-state index contributed by atoms with van der Waals surface area (Å²) in [6.07, 6.45) is 0.137. The van der Waals surface area contributed by atoms with E-state index in [1.165, 1.54) is 11.0 Å². The Hall–Kier alpha value is -4.52. The zero-order chi connectivity index (χ0) is 32.5. The van der Waals surface area contributed by atoms with Gasteiger partial charge in [-0.3, -0.25) is 24.1 Å². The van der Waals surface area contributed by atoms with Crippen LogP contribution in [0.4, 0.5) is 0 Å². The van der Waals surface area contributed by atoms with Crippen LogP contribution in [0.25, 0.3) is 16.9 Å². The van der Waals surface area contributed by atoms with E-state index >= 15 is 0 Å². The Balaban J connectivity index is 1.45. The first-order valence-electron chi connectivity index (χ1n) is 14.8.